The molecule has 20 heavy (non-hydrogen) atoms. The maximum atomic E-state index is 5.27. The average molecular weight is 278 g/mol. The summed E-state index contributed by atoms with van der Waals surface area (Å²) in [6.45, 7) is 9.65. The van der Waals surface area contributed by atoms with Gasteiger partial charge < -0.3 is 15.0 Å². The van der Waals surface area contributed by atoms with E-state index in [1.807, 2.05) is 13.0 Å². The predicted octanol–water partition coefficient (Wildman–Crippen LogP) is 2.01. The largest absolute Gasteiger partial charge is 0.481 e. The molecule has 1 aliphatic heterocycles. The second kappa shape index (κ2) is 6.88. The first-order chi connectivity index (χ1) is 9.60. The van der Waals surface area contributed by atoms with E-state index in [-0.39, 0.29) is 0 Å². The third-order valence-corrected chi connectivity index (χ3v) is 3.84. The van der Waals surface area contributed by atoms with E-state index in [9.17, 15) is 0 Å². The summed E-state index contributed by atoms with van der Waals surface area (Å²) in [6.07, 6.45) is 2.48. The van der Waals surface area contributed by atoms with E-state index in [4.69, 9.17) is 4.74 Å². The van der Waals surface area contributed by atoms with Crippen LogP contribution in [0.3, 0.4) is 0 Å². The SMILES string of the molecule is COc1cc(N(CC2CCNCC2)C(C)C)nc(C)n1. The fourth-order valence-electron chi connectivity index (χ4n) is 2.69. The molecule has 0 bridgehead atoms. The standard InChI is InChI=1S/C15H26N4O/c1-11(2)19(10-13-5-7-16-8-6-13)14-9-15(20-4)18-12(3)17-14/h9,11,13,16H,5-8,10H2,1-4H3. The second-order valence-corrected chi connectivity index (χ2v) is 5.76. The Morgan fingerprint density at radius 3 is 2.65 bits per heavy atom. The van der Waals surface area contributed by atoms with Gasteiger partial charge in [0, 0.05) is 18.7 Å². The fraction of sp³-hybridized carbons (Fsp3) is 0.733. The molecule has 1 N–H and O–H groups in total. The third kappa shape index (κ3) is 3.82. The molecule has 1 aromatic rings. The van der Waals surface area contributed by atoms with Crippen LogP contribution >= 0.6 is 0 Å². The zero-order valence-corrected chi connectivity index (χ0v) is 13.0. The van der Waals surface area contributed by atoms with E-state index >= 15 is 0 Å². The van der Waals surface area contributed by atoms with Gasteiger partial charge in [-0.3, -0.25) is 0 Å². The van der Waals surface area contributed by atoms with Crippen molar-refractivity contribution in [2.75, 3.05) is 31.6 Å². The molecule has 0 saturated carbocycles. The van der Waals surface area contributed by atoms with Gasteiger partial charge in [-0.25, -0.2) is 4.98 Å². The molecule has 0 amide bonds. The predicted molar refractivity (Wildman–Crippen MR) is 81.4 cm³/mol. The maximum absolute atomic E-state index is 5.27. The highest BCUT2D eigenvalue weighted by Crippen LogP contribution is 2.23. The number of methoxy groups -OCH3 is 1. The van der Waals surface area contributed by atoms with E-state index in [1.165, 1.54) is 12.8 Å². The van der Waals surface area contributed by atoms with Gasteiger partial charge in [-0.2, -0.15) is 4.98 Å². The van der Waals surface area contributed by atoms with Gasteiger partial charge in [0.15, 0.2) is 0 Å². The van der Waals surface area contributed by atoms with Gasteiger partial charge >= 0.3 is 0 Å². The van der Waals surface area contributed by atoms with Crippen LogP contribution in [0.15, 0.2) is 6.07 Å². The molecule has 1 saturated heterocycles. The van der Waals surface area contributed by atoms with Gasteiger partial charge in [-0.15, -0.1) is 0 Å². The Kier molecular flexibility index (Phi) is 5.17. The molecule has 0 spiro atoms. The van der Waals surface area contributed by atoms with Crippen LogP contribution in [0.1, 0.15) is 32.5 Å². The van der Waals surface area contributed by atoms with Gasteiger partial charge in [0.25, 0.3) is 0 Å². The number of nitrogens with one attached hydrogen (secondary N) is 1. The number of rotatable bonds is 5. The lowest BCUT2D eigenvalue weighted by Crippen LogP contribution is -2.40. The van der Waals surface area contributed by atoms with E-state index in [0.717, 1.165) is 37.2 Å². The summed E-state index contributed by atoms with van der Waals surface area (Å²) in [5, 5.41) is 3.42. The van der Waals surface area contributed by atoms with Crippen LogP contribution in [0.25, 0.3) is 0 Å². The summed E-state index contributed by atoms with van der Waals surface area (Å²) < 4.78 is 5.27. The van der Waals surface area contributed by atoms with Crippen molar-refractivity contribution in [2.24, 2.45) is 5.92 Å². The summed E-state index contributed by atoms with van der Waals surface area (Å²) >= 11 is 0. The smallest absolute Gasteiger partial charge is 0.218 e. The van der Waals surface area contributed by atoms with Gasteiger partial charge in [0.05, 0.1) is 7.11 Å². The lowest BCUT2D eigenvalue weighted by atomic mass is 9.97. The van der Waals surface area contributed by atoms with Crippen molar-refractivity contribution in [3.8, 4) is 5.88 Å². The van der Waals surface area contributed by atoms with E-state index in [0.29, 0.717) is 11.9 Å². The number of piperidine rings is 1. The van der Waals surface area contributed by atoms with Crippen LogP contribution < -0.4 is 15.0 Å². The summed E-state index contributed by atoms with van der Waals surface area (Å²) in [5.74, 6) is 3.11. The molecule has 5 heteroatoms. The van der Waals surface area contributed by atoms with Crippen molar-refractivity contribution in [3.05, 3.63) is 11.9 Å². The quantitative estimate of drug-likeness (QED) is 0.893. The molecule has 112 valence electrons. The molecule has 0 aliphatic carbocycles. The molecular weight excluding hydrogens is 252 g/mol. The van der Waals surface area contributed by atoms with Crippen LogP contribution in [-0.2, 0) is 0 Å². The summed E-state index contributed by atoms with van der Waals surface area (Å²) in [5.41, 5.74) is 0. The minimum absolute atomic E-state index is 0.420. The maximum Gasteiger partial charge on any atom is 0.218 e. The Morgan fingerprint density at radius 1 is 1.35 bits per heavy atom. The minimum atomic E-state index is 0.420. The first-order valence-corrected chi connectivity index (χ1v) is 7.47. The number of aromatic nitrogens is 2. The number of hydrogen-bond donors (Lipinski definition) is 1. The number of ether oxygens (including phenoxy) is 1. The molecule has 0 aromatic carbocycles. The van der Waals surface area contributed by atoms with Crippen LogP contribution in [0, 0.1) is 12.8 Å². The van der Waals surface area contributed by atoms with Gasteiger partial charge in [-0.05, 0) is 52.6 Å². The Hall–Kier alpha value is -1.36. The highest BCUT2D eigenvalue weighted by molar-refractivity contribution is 5.42. The topological polar surface area (TPSA) is 50.3 Å². The van der Waals surface area contributed by atoms with E-state index < -0.39 is 0 Å². The van der Waals surface area contributed by atoms with Crippen molar-refractivity contribution < 1.29 is 4.74 Å². The van der Waals surface area contributed by atoms with Crippen LogP contribution in [0.4, 0.5) is 5.82 Å². The van der Waals surface area contributed by atoms with Crippen molar-refractivity contribution in [2.45, 2.75) is 39.7 Å². The normalized spacial score (nSPS) is 16.4. The molecule has 0 radical (unpaired) electrons. The summed E-state index contributed by atoms with van der Waals surface area (Å²) in [6, 6.07) is 2.36. The zero-order valence-electron chi connectivity index (χ0n) is 13.0. The van der Waals surface area contributed by atoms with E-state index in [1.54, 1.807) is 7.11 Å². The highest BCUT2D eigenvalue weighted by Gasteiger charge is 2.21. The second-order valence-electron chi connectivity index (χ2n) is 5.76. The minimum Gasteiger partial charge on any atom is -0.481 e. The van der Waals surface area contributed by atoms with Gasteiger partial charge in [0.2, 0.25) is 5.88 Å². The monoisotopic (exact) mass is 278 g/mol. The van der Waals surface area contributed by atoms with Crippen LogP contribution in [0.2, 0.25) is 0 Å². The number of nitrogens with zero attached hydrogens (tertiary/aromatic N) is 3. The Bertz CT molecular complexity index is 430. The molecule has 2 rings (SSSR count). The van der Waals surface area contributed by atoms with Gasteiger partial charge in [0.1, 0.15) is 11.6 Å². The van der Waals surface area contributed by atoms with Crippen molar-refractivity contribution in [1.29, 1.82) is 0 Å². The first-order valence-electron chi connectivity index (χ1n) is 7.47. The Labute approximate surface area is 121 Å². The highest BCUT2D eigenvalue weighted by atomic mass is 16.5. The third-order valence-electron chi connectivity index (χ3n) is 3.84. The number of anilines is 1. The molecular formula is C15H26N4O. The van der Waals surface area contributed by atoms with E-state index in [2.05, 4.69) is 34.0 Å². The number of aryl methyl sites for hydroxylation is 1. The Balaban J connectivity index is 2.16. The fourth-order valence-corrected chi connectivity index (χ4v) is 2.69. The lowest BCUT2D eigenvalue weighted by molar-refractivity contribution is 0.365. The van der Waals surface area contributed by atoms with Crippen LogP contribution in [-0.4, -0.2) is 42.8 Å². The lowest BCUT2D eigenvalue weighted by Gasteiger charge is -2.33. The molecule has 1 aliphatic rings. The number of hydrogen-bond acceptors (Lipinski definition) is 5. The first kappa shape index (κ1) is 15.0. The summed E-state index contributed by atoms with van der Waals surface area (Å²) in [7, 11) is 1.65. The molecule has 0 unspecified atom stereocenters. The average Bonchev–Trinajstić information content (AvgIpc) is 2.44. The van der Waals surface area contributed by atoms with Gasteiger partial charge in [-0.1, -0.05) is 0 Å². The van der Waals surface area contributed by atoms with Crippen molar-refractivity contribution in [3.63, 3.8) is 0 Å². The molecule has 0 atom stereocenters. The zero-order chi connectivity index (χ0) is 14.5. The Morgan fingerprint density at radius 2 is 2.05 bits per heavy atom. The molecule has 1 fully saturated rings. The molecule has 2 heterocycles. The molecule has 5 nitrogen and oxygen atoms in total. The molecule has 1 aromatic heterocycles. The van der Waals surface area contributed by atoms with Crippen LogP contribution in [0.5, 0.6) is 5.88 Å². The van der Waals surface area contributed by atoms with Crippen molar-refractivity contribution in [1.82, 2.24) is 15.3 Å². The summed E-state index contributed by atoms with van der Waals surface area (Å²) in [4.78, 5) is 11.2. The van der Waals surface area contributed by atoms with Crippen molar-refractivity contribution >= 4 is 5.82 Å².